The summed E-state index contributed by atoms with van der Waals surface area (Å²) in [6, 6.07) is 13.4. The summed E-state index contributed by atoms with van der Waals surface area (Å²) in [4.78, 5) is 12.8. The number of benzene rings is 2. The zero-order valence-corrected chi connectivity index (χ0v) is 19.9. The average Bonchev–Trinajstić information content (AvgIpc) is 3.31. The van der Waals surface area contributed by atoms with Gasteiger partial charge < -0.3 is 14.8 Å². The van der Waals surface area contributed by atoms with Crippen molar-refractivity contribution in [2.24, 2.45) is 0 Å². The summed E-state index contributed by atoms with van der Waals surface area (Å²) in [6.07, 6.45) is 1.67. The van der Waals surface area contributed by atoms with Gasteiger partial charge in [0, 0.05) is 25.0 Å². The summed E-state index contributed by atoms with van der Waals surface area (Å²) >= 11 is 0. The number of anilines is 1. The van der Waals surface area contributed by atoms with E-state index in [2.05, 4.69) is 10.4 Å². The lowest BCUT2D eigenvalue weighted by atomic mass is 10.3. The van der Waals surface area contributed by atoms with Crippen LogP contribution in [0.4, 0.5) is 5.69 Å². The van der Waals surface area contributed by atoms with Gasteiger partial charge >= 0.3 is 0 Å². The highest BCUT2D eigenvalue weighted by atomic mass is 32.2. The van der Waals surface area contributed by atoms with Crippen molar-refractivity contribution in [2.45, 2.75) is 25.7 Å². The molecule has 9 nitrogen and oxygen atoms in total. The molecule has 0 fully saturated rings. The predicted octanol–water partition coefficient (Wildman–Crippen LogP) is 3.56. The van der Waals surface area contributed by atoms with Crippen LogP contribution in [0.1, 0.15) is 31.3 Å². The summed E-state index contributed by atoms with van der Waals surface area (Å²) in [6.45, 7) is 6.28. The molecule has 176 valence electrons. The molecule has 1 amide bonds. The molecular formula is C23H28N4O5S. The molecule has 3 aromatic rings. The number of sulfonamides is 1. The zero-order chi connectivity index (χ0) is 24.0. The molecule has 0 atom stereocenters. The maximum Gasteiger partial charge on any atom is 0.276 e. The molecule has 2 aromatic carbocycles. The lowest BCUT2D eigenvalue weighted by Crippen LogP contribution is -2.31. The molecule has 10 heteroatoms. The van der Waals surface area contributed by atoms with Crippen LogP contribution < -0.4 is 14.8 Å². The minimum Gasteiger partial charge on any atom is -0.497 e. The number of nitrogens with zero attached hydrogens (tertiary/aromatic N) is 3. The Kier molecular flexibility index (Phi) is 7.72. The van der Waals surface area contributed by atoms with Crippen LogP contribution in [0.2, 0.25) is 0 Å². The van der Waals surface area contributed by atoms with Crippen molar-refractivity contribution in [2.75, 3.05) is 32.1 Å². The number of methoxy groups -OCH3 is 1. The van der Waals surface area contributed by atoms with E-state index in [1.54, 1.807) is 69.1 Å². The summed E-state index contributed by atoms with van der Waals surface area (Å²) in [5.41, 5.74) is 1.28. The first-order valence-corrected chi connectivity index (χ1v) is 12.1. The molecule has 0 saturated carbocycles. The highest BCUT2D eigenvalue weighted by Crippen LogP contribution is 2.30. The summed E-state index contributed by atoms with van der Waals surface area (Å²) in [5, 5.41) is 7.04. The van der Waals surface area contributed by atoms with Crippen molar-refractivity contribution in [3.8, 4) is 17.2 Å². The Labute approximate surface area is 194 Å². The van der Waals surface area contributed by atoms with Crippen LogP contribution in [-0.2, 0) is 10.0 Å². The third-order valence-corrected chi connectivity index (χ3v) is 7.05. The topological polar surface area (TPSA) is 103 Å². The Hall–Kier alpha value is -3.37. The van der Waals surface area contributed by atoms with E-state index in [0.29, 0.717) is 25.4 Å². The van der Waals surface area contributed by atoms with Crippen molar-refractivity contribution < 1.29 is 22.7 Å². The number of ether oxygens (including phenoxy) is 2. The first-order chi connectivity index (χ1) is 15.8. The smallest absolute Gasteiger partial charge is 0.276 e. The van der Waals surface area contributed by atoms with Gasteiger partial charge in [-0.25, -0.2) is 13.1 Å². The molecule has 0 spiro atoms. The van der Waals surface area contributed by atoms with Crippen LogP contribution in [0.15, 0.2) is 59.6 Å². The number of carbonyl (C=O) groups excluding carboxylic acids is 1. The van der Waals surface area contributed by atoms with Crippen LogP contribution in [0, 0.1) is 0 Å². The lowest BCUT2D eigenvalue weighted by Gasteiger charge is -2.21. The number of amides is 1. The van der Waals surface area contributed by atoms with Crippen molar-refractivity contribution in [3.63, 3.8) is 0 Å². The van der Waals surface area contributed by atoms with Gasteiger partial charge in [0.1, 0.15) is 16.4 Å². The van der Waals surface area contributed by atoms with Gasteiger partial charge in [0.05, 0.1) is 19.4 Å². The van der Waals surface area contributed by atoms with Crippen LogP contribution in [-0.4, -0.2) is 55.2 Å². The number of rotatable bonds is 10. The number of hydrogen-bond acceptors (Lipinski definition) is 6. The summed E-state index contributed by atoms with van der Waals surface area (Å²) < 4.78 is 39.8. The Morgan fingerprint density at radius 1 is 1.06 bits per heavy atom. The molecule has 1 N–H and O–H groups in total. The molecule has 33 heavy (non-hydrogen) atoms. The van der Waals surface area contributed by atoms with E-state index >= 15 is 0 Å². The van der Waals surface area contributed by atoms with E-state index in [9.17, 15) is 13.2 Å². The third-order valence-electron chi connectivity index (χ3n) is 4.98. The molecule has 1 aromatic heterocycles. The first-order valence-electron chi connectivity index (χ1n) is 10.6. The summed E-state index contributed by atoms with van der Waals surface area (Å²) in [7, 11) is -2.20. The second-order valence-electron chi connectivity index (χ2n) is 6.98. The molecule has 3 rings (SSSR count). The van der Waals surface area contributed by atoms with Gasteiger partial charge in [-0.3, -0.25) is 4.79 Å². The Morgan fingerprint density at radius 3 is 2.36 bits per heavy atom. The maximum absolute atomic E-state index is 13.1. The quantitative estimate of drug-likeness (QED) is 0.484. The fourth-order valence-corrected chi connectivity index (χ4v) is 4.90. The average molecular weight is 473 g/mol. The number of nitrogens with one attached hydrogen (secondary N) is 1. The minimum absolute atomic E-state index is 0.00890. The van der Waals surface area contributed by atoms with Crippen molar-refractivity contribution in [1.29, 1.82) is 0 Å². The van der Waals surface area contributed by atoms with Gasteiger partial charge in [-0.1, -0.05) is 13.8 Å². The standard InChI is InChI=1S/C23H28N4O5S/c1-5-26(6-2)33(29,30)22-16-17(8-13-21(22)32-7-3)24-23(28)20-14-15-27(25-20)18-9-11-19(31-4)12-10-18/h8-16H,5-7H2,1-4H3,(H,24,28). The van der Waals surface area contributed by atoms with Gasteiger partial charge in [-0.15, -0.1) is 0 Å². The molecule has 0 saturated heterocycles. The van der Waals surface area contributed by atoms with Gasteiger partial charge in [-0.2, -0.15) is 9.40 Å². The van der Waals surface area contributed by atoms with Gasteiger partial charge in [0.2, 0.25) is 10.0 Å². The van der Waals surface area contributed by atoms with Gasteiger partial charge in [-0.05, 0) is 55.5 Å². The second kappa shape index (κ2) is 10.5. The molecule has 0 aliphatic carbocycles. The Bertz CT molecular complexity index is 1200. The monoisotopic (exact) mass is 472 g/mol. The molecule has 0 aliphatic rings. The van der Waals surface area contributed by atoms with E-state index in [1.807, 2.05) is 12.1 Å². The maximum atomic E-state index is 13.1. The predicted molar refractivity (Wildman–Crippen MR) is 126 cm³/mol. The molecule has 0 aliphatic heterocycles. The van der Waals surface area contributed by atoms with E-state index in [1.165, 1.54) is 10.4 Å². The SMILES string of the molecule is CCOc1ccc(NC(=O)c2ccn(-c3ccc(OC)cc3)n2)cc1S(=O)(=O)N(CC)CC. The van der Waals surface area contributed by atoms with Gasteiger partial charge in [0.15, 0.2) is 5.69 Å². The first kappa shape index (κ1) is 24.3. The van der Waals surface area contributed by atoms with E-state index < -0.39 is 15.9 Å². The Morgan fingerprint density at radius 2 is 1.76 bits per heavy atom. The van der Waals surface area contributed by atoms with Crippen molar-refractivity contribution in [1.82, 2.24) is 14.1 Å². The highest BCUT2D eigenvalue weighted by molar-refractivity contribution is 7.89. The Balaban J connectivity index is 1.86. The molecule has 1 heterocycles. The zero-order valence-electron chi connectivity index (χ0n) is 19.1. The van der Waals surface area contributed by atoms with E-state index in [4.69, 9.17) is 9.47 Å². The second-order valence-corrected chi connectivity index (χ2v) is 8.89. The minimum atomic E-state index is -3.79. The van der Waals surface area contributed by atoms with Gasteiger partial charge in [0.25, 0.3) is 5.91 Å². The number of hydrogen-bond donors (Lipinski definition) is 1. The third kappa shape index (κ3) is 5.35. The molecule has 0 bridgehead atoms. The number of aromatic nitrogens is 2. The van der Waals surface area contributed by atoms with Crippen LogP contribution in [0.25, 0.3) is 5.69 Å². The highest BCUT2D eigenvalue weighted by Gasteiger charge is 2.26. The van der Waals surface area contributed by atoms with Crippen LogP contribution in [0.3, 0.4) is 0 Å². The fraction of sp³-hybridized carbons (Fsp3) is 0.304. The lowest BCUT2D eigenvalue weighted by molar-refractivity contribution is 0.102. The molecule has 0 radical (unpaired) electrons. The van der Waals surface area contributed by atoms with E-state index in [-0.39, 0.29) is 16.3 Å². The largest absolute Gasteiger partial charge is 0.497 e. The number of carbonyl (C=O) groups is 1. The van der Waals surface area contributed by atoms with Crippen molar-refractivity contribution >= 4 is 21.6 Å². The summed E-state index contributed by atoms with van der Waals surface area (Å²) in [5.74, 6) is 0.499. The fourth-order valence-electron chi connectivity index (χ4n) is 3.28. The van der Waals surface area contributed by atoms with Crippen LogP contribution in [0.5, 0.6) is 11.5 Å². The molecule has 0 unspecified atom stereocenters. The van der Waals surface area contributed by atoms with Crippen molar-refractivity contribution in [3.05, 3.63) is 60.4 Å². The van der Waals surface area contributed by atoms with E-state index in [0.717, 1.165) is 11.4 Å². The normalized spacial score (nSPS) is 11.4. The van der Waals surface area contributed by atoms with Crippen LogP contribution >= 0.6 is 0 Å². The molecular weight excluding hydrogens is 444 g/mol.